The highest BCUT2D eigenvalue weighted by atomic mass is 16.5. The lowest BCUT2D eigenvalue weighted by atomic mass is 9.97. The van der Waals surface area contributed by atoms with Crippen LogP contribution in [-0.4, -0.2) is 42.6 Å². The molecule has 146 valence electrons. The van der Waals surface area contributed by atoms with Crippen molar-refractivity contribution in [3.05, 3.63) is 52.8 Å². The standard InChI is InChI=1S/C21H29N3O3/c1-16(17-6-4-3-5-7-17)14-21(25)22-10-8-19-18-15-27-12-9-20(18)24(23-19)11-13-26-2/h3-7,16H,8-15H2,1-2H3,(H,22,25). The second kappa shape index (κ2) is 9.67. The van der Waals surface area contributed by atoms with E-state index in [4.69, 9.17) is 14.6 Å². The summed E-state index contributed by atoms with van der Waals surface area (Å²) in [6.45, 7) is 5.41. The fraction of sp³-hybridized carbons (Fsp3) is 0.524. The summed E-state index contributed by atoms with van der Waals surface area (Å²) in [7, 11) is 1.70. The molecule has 6 nitrogen and oxygen atoms in total. The monoisotopic (exact) mass is 371 g/mol. The van der Waals surface area contributed by atoms with Gasteiger partial charge in [0.1, 0.15) is 0 Å². The number of fused-ring (bicyclic) bond motifs is 1. The van der Waals surface area contributed by atoms with Crippen LogP contribution in [-0.2, 0) is 40.3 Å². The summed E-state index contributed by atoms with van der Waals surface area (Å²) in [6, 6.07) is 10.1. The van der Waals surface area contributed by atoms with Gasteiger partial charge in [0.2, 0.25) is 5.91 Å². The van der Waals surface area contributed by atoms with E-state index in [0.717, 1.165) is 31.7 Å². The molecule has 2 heterocycles. The Kier molecular flexibility index (Phi) is 7.01. The van der Waals surface area contributed by atoms with Gasteiger partial charge in [-0.1, -0.05) is 37.3 Å². The topological polar surface area (TPSA) is 65.4 Å². The summed E-state index contributed by atoms with van der Waals surface area (Å²) in [5, 5.41) is 7.78. The van der Waals surface area contributed by atoms with Crippen molar-refractivity contribution in [1.29, 1.82) is 0 Å². The van der Waals surface area contributed by atoms with Crippen LogP contribution in [0.25, 0.3) is 0 Å². The van der Waals surface area contributed by atoms with Gasteiger partial charge in [-0.05, 0) is 11.5 Å². The predicted molar refractivity (Wildman–Crippen MR) is 104 cm³/mol. The molecule has 1 aliphatic heterocycles. The molecule has 0 spiro atoms. The van der Waals surface area contributed by atoms with E-state index in [2.05, 4.69) is 24.4 Å². The van der Waals surface area contributed by atoms with Crippen LogP contribution in [0.1, 0.15) is 41.8 Å². The number of rotatable bonds is 9. The van der Waals surface area contributed by atoms with Crippen molar-refractivity contribution in [2.24, 2.45) is 0 Å². The third-order valence-corrected chi connectivity index (χ3v) is 5.03. The molecule has 1 atom stereocenters. The molecular formula is C21H29N3O3. The van der Waals surface area contributed by atoms with Gasteiger partial charge in [0.05, 0.1) is 32.1 Å². The zero-order chi connectivity index (χ0) is 19.1. The van der Waals surface area contributed by atoms with Crippen molar-refractivity contribution in [2.45, 2.75) is 45.3 Å². The van der Waals surface area contributed by atoms with Gasteiger partial charge in [-0.3, -0.25) is 9.48 Å². The number of carbonyl (C=O) groups is 1. The van der Waals surface area contributed by atoms with Crippen LogP contribution >= 0.6 is 0 Å². The molecule has 6 heteroatoms. The summed E-state index contributed by atoms with van der Waals surface area (Å²) in [6.07, 6.45) is 2.09. The number of hydrogen-bond acceptors (Lipinski definition) is 4. The summed E-state index contributed by atoms with van der Waals surface area (Å²) >= 11 is 0. The van der Waals surface area contributed by atoms with Crippen molar-refractivity contribution >= 4 is 5.91 Å². The number of carbonyl (C=O) groups excluding carboxylic acids is 1. The first-order valence-corrected chi connectivity index (χ1v) is 9.64. The van der Waals surface area contributed by atoms with Crippen LogP contribution < -0.4 is 5.32 Å². The van der Waals surface area contributed by atoms with Crippen LogP contribution in [0.5, 0.6) is 0 Å². The number of aromatic nitrogens is 2. The van der Waals surface area contributed by atoms with Gasteiger partial charge in [-0.25, -0.2) is 0 Å². The first kappa shape index (κ1) is 19.6. The van der Waals surface area contributed by atoms with Gasteiger partial charge in [-0.2, -0.15) is 5.10 Å². The smallest absolute Gasteiger partial charge is 0.220 e. The van der Waals surface area contributed by atoms with E-state index in [9.17, 15) is 4.79 Å². The van der Waals surface area contributed by atoms with Crippen LogP contribution in [0.3, 0.4) is 0 Å². The average molecular weight is 371 g/mol. The molecule has 27 heavy (non-hydrogen) atoms. The molecule has 1 aliphatic rings. The SMILES string of the molecule is COCCn1nc(CCNC(=O)CC(C)c2ccccc2)c2c1CCOC2. The molecular weight excluding hydrogens is 342 g/mol. The number of benzene rings is 1. The Bertz CT molecular complexity index is 743. The van der Waals surface area contributed by atoms with E-state index in [1.165, 1.54) is 16.8 Å². The van der Waals surface area contributed by atoms with E-state index in [1.54, 1.807) is 7.11 Å². The molecule has 0 saturated carbocycles. The Balaban J connectivity index is 1.52. The summed E-state index contributed by atoms with van der Waals surface area (Å²) in [4.78, 5) is 12.3. The molecule has 1 N–H and O–H groups in total. The van der Waals surface area contributed by atoms with Crippen LogP contribution in [0.15, 0.2) is 30.3 Å². The Morgan fingerprint density at radius 3 is 2.96 bits per heavy atom. The first-order valence-electron chi connectivity index (χ1n) is 9.64. The van der Waals surface area contributed by atoms with Gasteiger partial charge in [-0.15, -0.1) is 0 Å². The van der Waals surface area contributed by atoms with E-state index in [0.29, 0.717) is 26.2 Å². The largest absolute Gasteiger partial charge is 0.383 e. The van der Waals surface area contributed by atoms with Gasteiger partial charge < -0.3 is 14.8 Å². The second-order valence-electron chi connectivity index (χ2n) is 7.01. The van der Waals surface area contributed by atoms with Crippen molar-refractivity contribution in [3.63, 3.8) is 0 Å². The normalized spacial score (nSPS) is 14.6. The molecule has 3 rings (SSSR count). The number of ether oxygens (including phenoxy) is 2. The summed E-state index contributed by atoms with van der Waals surface area (Å²) < 4.78 is 12.8. The quantitative estimate of drug-likeness (QED) is 0.735. The third kappa shape index (κ3) is 5.17. The highest BCUT2D eigenvalue weighted by Gasteiger charge is 2.21. The number of nitrogens with one attached hydrogen (secondary N) is 1. The average Bonchev–Trinajstić information content (AvgIpc) is 3.05. The van der Waals surface area contributed by atoms with E-state index in [-0.39, 0.29) is 11.8 Å². The molecule has 0 fully saturated rings. The van der Waals surface area contributed by atoms with Crippen molar-refractivity contribution in [1.82, 2.24) is 15.1 Å². The predicted octanol–water partition coefficient (Wildman–Crippen LogP) is 2.45. The minimum atomic E-state index is 0.0790. The van der Waals surface area contributed by atoms with Gasteiger partial charge >= 0.3 is 0 Å². The van der Waals surface area contributed by atoms with E-state index in [1.807, 2.05) is 22.9 Å². The van der Waals surface area contributed by atoms with Crippen molar-refractivity contribution < 1.29 is 14.3 Å². The van der Waals surface area contributed by atoms with Crippen LogP contribution in [0, 0.1) is 0 Å². The van der Waals surface area contributed by atoms with Crippen molar-refractivity contribution in [3.8, 4) is 0 Å². The number of methoxy groups -OCH3 is 1. The molecule has 1 aromatic carbocycles. The number of amides is 1. The van der Waals surface area contributed by atoms with Gasteiger partial charge in [0.15, 0.2) is 0 Å². The number of hydrogen-bond donors (Lipinski definition) is 1. The van der Waals surface area contributed by atoms with Gasteiger partial charge in [0.25, 0.3) is 0 Å². The minimum Gasteiger partial charge on any atom is -0.383 e. The third-order valence-electron chi connectivity index (χ3n) is 5.03. The summed E-state index contributed by atoms with van der Waals surface area (Å²) in [5.74, 6) is 0.288. The Hall–Kier alpha value is -2.18. The zero-order valence-corrected chi connectivity index (χ0v) is 16.2. The maximum absolute atomic E-state index is 12.3. The molecule has 0 aliphatic carbocycles. The maximum atomic E-state index is 12.3. The Labute approximate surface area is 160 Å². The van der Waals surface area contributed by atoms with Crippen LogP contribution in [0.4, 0.5) is 0 Å². The molecule has 2 aromatic rings. The molecule has 1 amide bonds. The van der Waals surface area contributed by atoms with E-state index >= 15 is 0 Å². The summed E-state index contributed by atoms with van der Waals surface area (Å²) in [5.41, 5.74) is 4.65. The first-order chi connectivity index (χ1) is 13.2. The lowest BCUT2D eigenvalue weighted by Crippen LogP contribution is -2.27. The van der Waals surface area contributed by atoms with Crippen LogP contribution in [0.2, 0.25) is 0 Å². The fourth-order valence-corrected chi connectivity index (χ4v) is 3.51. The maximum Gasteiger partial charge on any atom is 0.220 e. The number of nitrogens with zero attached hydrogens (tertiary/aromatic N) is 2. The second-order valence-corrected chi connectivity index (χ2v) is 7.01. The Morgan fingerprint density at radius 2 is 2.19 bits per heavy atom. The molecule has 0 saturated heterocycles. The van der Waals surface area contributed by atoms with Gasteiger partial charge in [0, 0.05) is 44.2 Å². The lowest BCUT2D eigenvalue weighted by molar-refractivity contribution is -0.121. The molecule has 0 radical (unpaired) electrons. The molecule has 1 unspecified atom stereocenters. The zero-order valence-electron chi connectivity index (χ0n) is 16.2. The highest BCUT2D eigenvalue weighted by molar-refractivity contribution is 5.76. The van der Waals surface area contributed by atoms with E-state index < -0.39 is 0 Å². The lowest BCUT2D eigenvalue weighted by Gasteiger charge is -2.15. The highest BCUT2D eigenvalue weighted by Crippen LogP contribution is 2.21. The molecule has 0 bridgehead atoms. The minimum absolute atomic E-state index is 0.0790. The van der Waals surface area contributed by atoms with Crippen molar-refractivity contribution in [2.75, 3.05) is 26.9 Å². The molecule has 1 aromatic heterocycles. The Morgan fingerprint density at radius 1 is 1.37 bits per heavy atom. The fourth-order valence-electron chi connectivity index (χ4n) is 3.51.